The highest BCUT2D eigenvalue weighted by atomic mass is 15.0. The fourth-order valence-corrected chi connectivity index (χ4v) is 8.53. The van der Waals surface area contributed by atoms with E-state index in [1.165, 1.54) is 98.6 Å². The van der Waals surface area contributed by atoms with Gasteiger partial charge in [0.15, 0.2) is 0 Å². The number of hydrogen-bond donors (Lipinski definition) is 0. The zero-order valence-corrected chi connectivity index (χ0v) is 30.2. The summed E-state index contributed by atoms with van der Waals surface area (Å²) >= 11 is 0. The monoisotopic (exact) mass is 697 g/mol. The molecule has 55 heavy (non-hydrogen) atoms. The fraction of sp³-hybridized carbons (Fsp3) is 0. The second kappa shape index (κ2) is 12.7. The average molecular weight is 698 g/mol. The van der Waals surface area contributed by atoms with Gasteiger partial charge in [0.2, 0.25) is 0 Å². The van der Waals surface area contributed by atoms with Gasteiger partial charge in [-0.2, -0.15) is 0 Å². The van der Waals surface area contributed by atoms with Crippen LogP contribution in [0.2, 0.25) is 0 Å². The number of nitrogens with zero attached hydrogens (tertiary/aromatic N) is 1. The average Bonchev–Trinajstić information content (AvgIpc) is 3.59. The Morgan fingerprint density at radius 1 is 0.236 bits per heavy atom. The van der Waals surface area contributed by atoms with E-state index in [-0.39, 0.29) is 0 Å². The smallest absolute Gasteiger partial charge is 0.0541 e. The van der Waals surface area contributed by atoms with Crippen molar-refractivity contribution in [3.05, 3.63) is 212 Å². The summed E-state index contributed by atoms with van der Waals surface area (Å²) in [6.45, 7) is 0. The van der Waals surface area contributed by atoms with Gasteiger partial charge in [-0.1, -0.05) is 164 Å². The summed E-state index contributed by atoms with van der Waals surface area (Å²) in [5.74, 6) is 0. The number of para-hydroxylation sites is 1. The first kappa shape index (κ1) is 31.3. The minimum atomic E-state index is 1.16. The third kappa shape index (κ3) is 5.40. The Morgan fingerprint density at radius 3 is 1.42 bits per heavy atom. The molecule has 256 valence electrons. The summed E-state index contributed by atoms with van der Waals surface area (Å²) < 4.78 is 2.40. The molecule has 0 spiro atoms. The summed E-state index contributed by atoms with van der Waals surface area (Å²) in [7, 11) is 0. The largest absolute Gasteiger partial charge is 0.309 e. The van der Waals surface area contributed by atoms with Crippen LogP contribution in [-0.4, -0.2) is 4.57 Å². The van der Waals surface area contributed by atoms with Gasteiger partial charge in [-0.25, -0.2) is 0 Å². The van der Waals surface area contributed by atoms with Crippen LogP contribution in [0.4, 0.5) is 0 Å². The van der Waals surface area contributed by atoms with E-state index in [0.717, 1.165) is 5.69 Å². The van der Waals surface area contributed by atoms with Crippen LogP contribution >= 0.6 is 0 Å². The van der Waals surface area contributed by atoms with Gasteiger partial charge in [0.1, 0.15) is 0 Å². The molecule has 0 unspecified atom stereocenters. The lowest BCUT2D eigenvalue weighted by Crippen LogP contribution is -1.93. The summed E-state index contributed by atoms with van der Waals surface area (Å²) in [5.41, 5.74) is 13.4. The molecule has 0 aliphatic heterocycles. The molecule has 0 atom stereocenters. The Kier molecular flexibility index (Phi) is 7.25. The lowest BCUT2D eigenvalue weighted by molar-refractivity contribution is 1.18. The molecule has 0 aliphatic carbocycles. The molecule has 0 bridgehead atoms. The van der Waals surface area contributed by atoms with Crippen LogP contribution in [0, 0.1) is 0 Å². The van der Waals surface area contributed by atoms with E-state index in [0.29, 0.717) is 0 Å². The van der Waals surface area contributed by atoms with Crippen molar-refractivity contribution in [2.24, 2.45) is 0 Å². The van der Waals surface area contributed by atoms with E-state index in [1.54, 1.807) is 0 Å². The number of rotatable bonds is 5. The molecule has 1 aromatic heterocycles. The molecule has 0 saturated carbocycles. The van der Waals surface area contributed by atoms with Crippen molar-refractivity contribution in [1.29, 1.82) is 0 Å². The highest BCUT2D eigenvalue weighted by Gasteiger charge is 2.14. The van der Waals surface area contributed by atoms with Crippen LogP contribution in [0.3, 0.4) is 0 Å². The molecular weight excluding hydrogens is 663 g/mol. The Bertz CT molecular complexity index is 3230. The maximum atomic E-state index is 2.40. The Labute approximate surface area is 320 Å². The van der Waals surface area contributed by atoms with Crippen molar-refractivity contribution < 1.29 is 0 Å². The van der Waals surface area contributed by atoms with Crippen LogP contribution in [0.5, 0.6) is 0 Å². The molecule has 0 fully saturated rings. The van der Waals surface area contributed by atoms with Gasteiger partial charge < -0.3 is 4.57 Å². The standard InChI is InChI=1S/C54H35N/c1-2-10-41-32-42(21-20-36(41)8-1)37-16-18-38(19-17-37)46-28-31-54-52(35-46)51-13-5-6-15-53(51)55(54)48-29-26-39(27-30-48)43-22-23-45-34-47(25-24-44(45)33-43)50-14-7-11-40-9-3-4-12-49(40)50/h1-35H. The van der Waals surface area contributed by atoms with Crippen molar-refractivity contribution in [2.75, 3.05) is 0 Å². The normalized spacial score (nSPS) is 11.6. The zero-order valence-electron chi connectivity index (χ0n) is 30.2. The SMILES string of the molecule is c1ccc2cc(-c3ccc(-c4ccc5c(c4)c4ccccc4n5-c4ccc(-c5ccc6cc(-c7cccc8ccccc78)ccc6c5)cc4)cc3)ccc2c1. The molecule has 1 heterocycles. The predicted octanol–water partition coefficient (Wildman–Crippen LogP) is 14.9. The maximum Gasteiger partial charge on any atom is 0.0541 e. The first-order valence-electron chi connectivity index (χ1n) is 19.0. The molecule has 11 rings (SSSR count). The number of benzene rings is 10. The van der Waals surface area contributed by atoms with Crippen LogP contribution in [0.25, 0.3) is 104 Å². The van der Waals surface area contributed by atoms with E-state index in [2.05, 4.69) is 217 Å². The topological polar surface area (TPSA) is 4.93 Å². The van der Waals surface area contributed by atoms with E-state index < -0.39 is 0 Å². The second-order valence-electron chi connectivity index (χ2n) is 14.6. The third-order valence-corrected chi connectivity index (χ3v) is 11.4. The maximum absolute atomic E-state index is 2.40. The van der Waals surface area contributed by atoms with Crippen LogP contribution in [0.15, 0.2) is 212 Å². The number of fused-ring (bicyclic) bond motifs is 6. The van der Waals surface area contributed by atoms with Crippen molar-refractivity contribution in [2.45, 2.75) is 0 Å². The minimum absolute atomic E-state index is 1.16. The van der Waals surface area contributed by atoms with Gasteiger partial charge in [0, 0.05) is 16.5 Å². The lowest BCUT2D eigenvalue weighted by Gasteiger charge is -2.11. The quantitative estimate of drug-likeness (QED) is 0.169. The molecule has 1 heteroatoms. The van der Waals surface area contributed by atoms with E-state index in [9.17, 15) is 0 Å². The highest BCUT2D eigenvalue weighted by molar-refractivity contribution is 6.10. The molecule has 11 aromatic rings. The first-order chi connectivity index (χ1) is 27.2. The highest BCUT2D eigenvalue weighted by Crippen LogP contribution is 2.37. The van der Waals surface area contributed by atoms with Gasteiger partial charge in [0.05, 0.1) is 11.0 Å². The van der Waals surface area contributed by atoms with Crippen molar-refractivity contribution >= 4 is 54.1 Å². The van der Waals surface area contributed by atoms with Crippen molar-refractivity contribution in [1.82, 2.24) is 4.57 Å². The van der Waals surface area contributed by atoms with Gasteiger partial charge in [0.25, 0.3) is 0 Å². The molecule has 0 N–H and O–H groups in total. The molecule has 0 amide bonds. The minimum Gasteiger partial charge on any atom is -0.309 e. The lowest BCUT2D eigenvalue weighted by atomic mass is 9.95. The van der Waals surface area contributed by atoms with E-state index >= 15 is 0 Å². The summed E-state index contributed by atoms with van der Waals surface area (Å²) in [5, 5.41) is 10.1. The van der Waals surface area contributed by atoms with Gasteiger partial charge in [-0.15, -0.1) is 0 Å². The summed E-state index contributed by atoms with van der Waals surface area (Å²) in [6.07, 6.45) is 0. The molecular formula is C54H35N. The summed E-state index contributed by atoms with van der Waals surface area (Å²) in [6, 6.07) is 77.8. The zero-order chi connectivity index (χ0) is 36.3. The van der Waals surface area contributed by atoms with Gasteiger partial charge >= 0.3 is 0 Å². The predicted molar refractivity (Wildman–Crippen MR) is 235 cm³/mol. The Hall–Kier alpha value is -7.22. The third-order valence-electron chi connectivity index (χ3n) is 11.4. The van der Waals surface area contributed by atoms with Crippen LogP contribution in [0.1, 0.15) is 0 Å². The number of hydrogen-bond acceptors (Lipinski definition) is 0. The molecule has 1 nitrogen and oxygen atoms in total. The van der Waals surface area contributed by atoms with Crippen molar-refractivity contribution in [3.63, 3.8) is 0 Å². The molecule has 0 aliphatic rings. The van der Waals surface area contributed by atoms with E-state index in [4.69, 9.17) is 0 Å². The fourth-order valence-electron chi connectivity index (χ4n) is 8.53. The Morgan fingerprint density at radius 2 is 0.691 bits per heavy atom. The van der Waals surface area contributed by atoms with Crippen LogP contribution in [-0.2, 0) is 0 Å². The van der Waals surface area contributed by atoms with Crippen LogP contribution < -0.4 is 0 Å². The first-order valence-corrected chi connectivity index (χ1v) is 19.0. The number of aromatic nitrogens is 1. The summed E-state index contributed by atoms with van der Waals surface area (Å²) in [4.78, 5) is 0. The second-order valence-corrected chi connectivity index (χ2v) is 14.6. The molecule has 0 saturated heterocycles. The van der Waals surface area contributed by atoms with Crippen molar-refractivity contribution in [3.8, 4) is 50.2 Å². The van der Waals surface area contributed by atoms with Gasteiger partial charge in [-0.05, 0) is 125 Å². The van der Waals surface area contributed by atoms with Gasteiger partial charge in [-0.3, -0.25) is 0 Å². The molecule has 10 aromatic carbocycles. The van der Waals surface area contributed by atoms with E-state index in [1.807, 2.05) is 0 Å². The Balaban J connectivity index is 0.908. The molecule has 0 radical (unpaired) electrons.